The number of aliphatic carboxylic acids is 1. The Balaban J connectivity index is 0.000000256. The van der Waals surface area contributed by atoms with Crippen molar-refractivity contribution < 1.29 is 23.1 Å². The molecule has 10 heteroatoms. The van der Waals surface area contributed by atoms with Crippen LogP contribution in [0.5, 0.6) is 0 Å². The number of benzene rings is 1. The lowest BCUT2D eigenvalue weighted by atomic mass is 10.0. The van der Waals surface area contributed by atoms with Crippen molar-refractivity contribution in [2.45, 2.75) is 12.1 Å². The van der Waals surface area contributed by atoms with E-state index in [4.69, 9.17) is 33.1 Å². The molecule has 24 heavy (non-hydrogen) atoms. The maximum atomic E-state index is 10.6. The zero-order chi connectivity index (χ0) is 17.9. The van der Waals surface area contributed by atoms with E-state index in [9.17, 15) is 13.2 Å². The first-order valence-corrected chi connectivity index (χ1v) is 7.46. The number of rotatable bonds is 2. The molecule has 1 saturated heterocycles. The summed E-state index contributed by atoms with van der Waals surface area (Å²) in [7, 11) is 0. The van der Waals surface area contributed by atoms with Crippen LogP contribution in [-0.2, 0) is 4.79 Å². The summed E-state index contributed by atoms with van der Waals surface area (Å²) in [6, 6.07) is 7.45. The van der Waals surface area contributed by atoms with E-state index in [-0.39, 0.29) is 0 Å². The largest absolute Gasteiger partial charge is 0.490 e. The quantitative estimate of drug-likeness (QED) is 0.835. The summed E-state index contributed by atoms with van der Waals surface area (Å²) >= 11 is 12.0. The van der Waals surface area contributed by atoms with Crippen molar-refractivity contribution in [1.82, 2.24) is 15.1 Å². The molecular formula is C14H12Cl2F3N3O2. The number of hydrogen-bond donors (Lipinski definition) is 2. The third kappa shape index (κ3) is 4.62. The Kier molecular flexibility index (Phi) is 5.74. The highest BCUT2D eigenvalue weighted by Gasteiger charge is 2.38. The van der Waals surface area contributed by atoms with Crippen molar-refractivity contribution in [2.24, 2.45) is 0 Å². The van der Waals surface area contributed by atoms with E-state index in [0.29, 0.717) is 16.0 Å². The molecule has 0 spiro atoms. The van der Waals surface area contributed by atoms with E-state index < -0.39 is 12.1 Å². The standard InChI is InChI=1S/C12H11Cl2N3.C2HF3O2/c13-9-1-2-12(10(14)5-9)17-4-3-11(16-17)8-6-15-7-8;3-2(4,5)1(6)7/h1-5,8,15H,6-7H2;(H,6,7). The van der Waals surface area contributed by atoms with Crippen LogP contribution in [0, 0.1) is 0 Å². The number of hydrogen-bond acceptors (Lipinski definition) is 3. The molecule has 0 aliphatic carbocycles. The van der Waals surface area contributed by atoms with Gasteiger partial charge in [-0.1, -0.05) is 23.2 Å². The Bertz CT molecular complexity index is 730. The number of carboxylic acids is 1. The summed E-state index contributed by atoms with van der Waals surface area (Å²) in [6.07, 6.45) is -3.15. The Morgan fingerprint density at radius 2 is 1.92 bits per heavy atom. The molecule has 0 unspecified atom stereocenters. The molecule has 1 aromatic heterocycles. The number of aromatic nitrogens is 2. The fourth-order valence-corrected chi connectivity index (χ4v) is 2.35. The zero-order valence-electron chi connectivity index (χ0n) is 12.0. The second kappa shape index (κ2) is 7.42. The van der Waals surface area contributed by atoms with Crippen LogP contribution in [0.3, 0.4) is 0 Å². The van der Waals surface area contributed by atoms with Gasteiger partial charge in [-0.3, -0.25) is 0 Å². The summed E-state index contributed by atoms with van der Waals surface area (Å²) in [6.45, 7) is 2.01. The SMILES string of the molecule is Clc1ccc(-n2ccc(C3CNC3)n2)c(Cl)c1.O=C(O)C(F)(F)F. The van der Waals surface area contributed by atoms with Gasteiger partial charge in [-0.25, -0.2) is 9.48 Å². The predicted molar refractivity (Wildman–Crippen MR) is 82.9 cm³/mol. The van der Waals surface area contributed by atoms with E-state index in [0.717, 1.165) is 24.5 Å². The number of carbonyl (C=O) groups is 1. The fraction of sp³-hybridized carbons (Fsp3) is 0.286. The smallest absolute Gasteiger partial charge is 0.475 e. The monoisotopic (exact) mass is 381 g/mol. The van der Waals surface area contributed by atoms with Crippen LogP contribution in [0.1, 0.15) is 11.6 Å². The highest BCUT2D eigenvalue weighted by molar-refractivity contribution is 6.35. The van der Waals surface area contributed by atoms with Gasteiger partial charge in [0.25, 0.3) is 0 Å². The van der Waals surface area contributed by atoms with E-state index in [1.54, 1.807) is 10.7 Å². The van der Waals surface area contributed by atoms with Crippen molar-refractivity contribution in [3.63, 3.8) is 0 Å². The molecule has 0 radical (unpaired) electrons. The van der Waals surface area contributed by atoms with Crippen LogP contribution < -0.4 is 5.32 Å². The lowest BCUT2D eigenvalue weighted by molar-refractivity contribution is -0.192. The molecule has 2 aromatic rings. The Morgan fingerprint density at radius 3 is 2.38 bits per heavy atom. The summed E-state index contributed by atoms with van der Waals surface area (Å²) in [4.78, 5) is 8.90. The van der Waals surface area contributed by atoms with Gasteiger partial charge < -0.3 is 10.4 Å². The third-order valence-electron chi connectivity index (χ3n) is 3.21. The highest BCUT2D eigenvalue weighted by atomic mass is 35.5. The van der Waals surface area contributed by atoms with Crippen LogP contribution in [-0.4, -0.2) is 40.1 Å². The molecule has 2 N–H and O–H groups in total. The normalized spacial score (nSPS) is 14.5. The third-order valence-corrected chi connectivity index (χ3v) is 3.75. The van der Waals surface area contributed by atoms with Crippen molar-refractivity contribution >= 4 is 29.2 Å². The highest BCUT2D eigenvalue weighted by Crippen LogP contribution is 2.25. The number of nitrogens with zero attached hydrogens (tertiary/aromatic N) is 2. The molecule has 1 aromatic carbocycles. The minimum atomic E-state index is -5.08. The minimum Gasteiger partial charge on any atom is -0.475 e. The molecular weight excluding hydrogens is 370 g/mol. The van der Waals surface area contributed by atoms with Gasteiger partial charge in [-0.15, -0.1) is 0 Å². The lowest BCUT2D eigenvalue weighted by Gasteiger charge is -2.25. The van der Waals surface area contributed by atoms with Gasteiger partial charge in [0.05, 0.1) is 16.4 Å². The molecule has 0 saturated carbocycles. The summed E-state index contributed by atoms with van der Waals surface area (Å²) < 4.78 is 33.5. The molecule has 5 nitrogen and oxygen atoms in total. The van der Waals surface area contributed by atoms with Gasteiger partial charge in [-0.05, 0) is 24.3 Å². The van der Waals surface area contributed by atoms with Crippen molar-refractivity contribution in [1.29, 1.82) is 0 Å². The minimum absolute atomic E-state index is 0.530. The van der Waals surface area contributed by atoms with Crippen molar-refractivity contribution in [2.75, 3.05) is 13.1 Å². The molecule has 1 aliphatic heterocycles. The number of carboxylic acid groups (broad SMARTS) is 1. The topological polar surface area (TPSA) is 67.2 Å². The van der Waals surface area contributed by atoms with Crippen LogP contribution in [0.4, 0.5) is 13.2 Å². The molecule has 1 aliphatic rings. The number of alkyl halides is 3. The molecule has 1 fully saturated rings. The van der Waals surface area contributed by atoms with Gasteiger partial charge >= 0.3 is 12.1 Å². The molecule has 130 valence electrons. The first-order valence-electron chi connectivity index (χ1n) is 6.70. The van der Waals surface area contributed by atoms with Crippen LogP contribution in [0.15, 0.2) is 30.5 Å². The van der Waals surface area contributed by atoms with Gasteiger partial charge in [0.2, 0.25) is 0 Å². The lowest BCUT2D eigenvalue weighted by Crippen LogP contribution is -2.40. The molecule has 2 heterocycles. The number of halogens is 5. The van der Waals surface area contributed by atoms with Crippen LogP contribution >= 0.6 is 23.2 Å². The van der Waals surface area contributed by atoms with Crippen molar-refractivity contribution in [3.05, 3.63) is 46.2 Å². The van der Waals surface area contributed by atoms with E-state index in [2.05, 4.69) is 10.4 Å². The fourth-order valence-electron chi connectivity index (χ4n) is 1.85. The Morgan fingerprint density at radius 1 is 1.29 bits per heavy atom. The summed E-state index contributed by atoms with van der Waals surface area (Å²) in [5, 5.41) is 16.1. The van der Waals surface area contributed by atoms with E-state index in [1.807, 2.05) is 24.4 Å². The first-order chi connectivity index (χ1) is 11.2. The van der Waals surface area contributed by atoms with E-state index in [1.165, 1.54) is 0 Å². The maximum Gasteiger partial charge on any atom is 0.490 e. The van der Waals surface area contributed by atoms with Gasteiger partial charge in [-0.2, -0.15) is 18.3 Å². The zero-order valence-corrected chi connectivity index (χ0v) is 13.5. The molecule has 0 bridgehead atoms. The molecule has 3 rings (SSSR count). The summed E-state index contributed by atoms with van der Waals surface area (Å²) in [5.74, 6) is -2.23. The van der Waals surface area contributed by atoms with Gasteiger partial charge in [0.1, 0.15) is 0 Å². The average molecular weight is 382 g/mol. The Hall–Kier alpha value is -1.77. The van der Waals surface area contributed by atoms with Crippen LogP contribution in [0.2, 0.25) is 10.0 Å². The van der Waals surface area contributed by atoms with Crippen molar-refractivity contribution in [3.8, 4) is 5.69 Å². The maximum absolute atomic E-state index is 10.6. The second-order valence-corrected chi connectivity index (χ2v) is 5.78. The van der Waals surface area contributed by atoms with Gasteiger partial charge in [0.15, 0.2) is 0 Å². The molecule has 0 amide bonds. The molecule has 0 atom stereocenters. The predicted octanol–water partition coefficient (Wildman–Crippen LogP) is 3.50. The Labute approximate surface area is 145 Å². The van der Waals surface area contributed by atoms with Crippen LogP contribution in [0.25, 0.3) is 5.69 Å². The first kappa shape index (κ1) is 18.6. The average Bonchev–Trinajstić information content (AvgIpc) is 2.85. The van der Waals surface area contributed by atoms with E-state index >= 15 is 0 Å². The number of nitrogens with one attached hydrogen (secondary N) is 1. The second-order valence-electron chi connectivity index (χ2n) is 4.94. The van der Waals surface area contributed by atoms with Gasteiger partial charge in [0, 0.05) is 30.2 Å². The summed E-state index contributed by atoms with van der Waals surface area (Å²) in [5.41, 5.74) is 1.96.